The molecule has 9 N–H and O–H groups in total. The van der Waals surface area contributed by atoms with Gasteiger partial charge in [-0.3, -0.25) is 28.8 Å². The van der Waals surface area contributed by atoms with Gasteiger partial charge in [0.2, 0.25) is 35.4 Å². The molecule has 59 heavy (non-hydrogen) atoms. The van der Waals surface area contributed by atoms with Crippen molar-refractivity contribution in [2.24, 2.45) is 17.4 Å². The lowest BCUT2D eigenvalue weighted by atomic mass is 10.0. The molecule has 14 heteroatoms. The van der Waals surface area contributed by atoms with E-state index in [0.29, 0.717) is 19.3 Å². The third-order valence-electron chi connectivity index (χ3n) is 10.1. The van der Waals surface area contributed by atoms with E-state index in [4.69, 9.17) is 11.5 Å². The number of benzene rings is 2. The van der Waals surface area contributed by atoms with Crippen LogP contribution in [0.25, 0.3) is 0 Å². The van der Waals surface area contributed by atoms with Crippen LogP contribution in [0.2, 0.25) is 0 Å². The van der Waals surface area contributed by atoms with Crippen LogP contribution in [0.5, 0.6) is 0 Å². The first-order valence-corrected chi connectivity index (χ1v) is 21.3. The molecular weight excluding hydrogens is 753 g/mol. The Balaban J connectivity index is 1.54. The summed E-state index contributed by atoms with van der Waals surface area (Å²) in [5.74, 6) is -4.22. The van der Waals surface area contributed by atoms with E-state index in [1.54, 1.807) is 30.3 Å². The minimum atomic E-state index is -1.25. The second-order valence-electron chi connectivity index (χ2n) is 15.9. The molecule has 14 nitrogen and oxygen atoms in total. The molecule has 2 rings (SSSR count). The van der Waals surface area contributed by atoms with Gasteiger partial charge in [0.1, 0.15) is 24.2 Å². The van der Waals surface area contributed by atoms with Gasteiger partial charge in [-0.05, 0) is 36.3 Å². The van der Waals surface area contributed by atoms with Crippen LogP contribution in [-0.2, 0) is 46.4 Å². The third-order valence-corrected chi connectivity index (χ3v) is 10.1. The van der Waals surface area contributed by atoms with Gasteiger partial charge in [-0.2, -0.15) is 0 Å². The molecule has 0 spiro atoms. The van der Waals surface area contributed by atoms with Crippen molar-refractivity contribution in [1.82, 2.24) is 21.3 Å². The van der Waals surface area contributed by atoms with Crippen LogP contribution in [0.15, 0.2) is 60.7 Å². The first-order valence-electron chi connectivity index (χ1n) is 21.3. The van der Waals surface area contributed by atoms with Gasteiger partial charge >= 0.3 is 5.97 Å². The molecule has 0 aliphatic rings. The summed E-state index contributed by atoms with van der Waals surface area (Å²) in [6.45, 7) is 3.95. The Hall–Kier alpha value is -5.27. The fourth-order valence-corrected chi connectivity index (χ4v) is 6.83. The summed E-state index contributed by atoms with van der Waals surface area (Å²) in [6, 6.07) is 14.1. The topological polar surface area (TPSA) is 240 Å². The summed E-state index contributed by atoms with van der Waals surface area (Å²) in [6.07, 6.45) is 13.9. The van der Waals surface area contributed by atoms with Gasteiger partial charge in [0.15, 0.2) is 0 Å². The first kappa shape index (κ1) is 49.9. The Morgan fingerprint density at radius 3 is 1.27 bits per heavy atom. The van der Waals surface area contributed by atoms with E-state index in [9.17, 15) is 38.7 Å². The van der Waals surface area contributed by atoms with Crippen LogP contribution in [0.1, 0.15) is 134 Å². The lowest BCUT2D eigenvalue weighted by molar-refractivity contribution is -0.142. The highest BCUT2D eigenvalue weighted by Gasteiger charge is 2.29. The SMILES string of the molecule is CC(C)C[C@H](NC(=O)CCCCCCCCCCCCCCCC(=O)N[C@@H](CC(N)=O)C(=O)N[C@@H](Cc1ccccc1)C(=O)O)C(=O)N[C@@H](Cc1ccccc1)C(N)=O. The molecule has 0 heterocycles. The second kappa shape index (κ2) is 29.0. The van der Waals surface area contributed by atoms with Crippen molar-refractivity contribution in [1.29, 1.82) is 0 Å². The molecule has 0 fully saturated rings. The number of nitrogens with one attached hydrogen (secondary N) is 4. The monoisotopic (exact) mass is 821 g/mol. The molecule has 0 aliphatic heterocycles. The van der Waals surface area contributed by atoms with E-state index < -0.39 is 66.1 Å². The normalized spacial score (nSPS) is 13.1. The van der Waals surface area contributed by atoms with Crippen molar-refractivity contribution >= 4 is 41.4 Å². The molecule has 0 bridgehead atoms. The van der Waals surface area contributed by atoms with Crippen molar-refractivity contribution in [2.75, 3.05) is 0 Å². The highest BCUT2D eigenvalue weighted by Crippen LogP contribution is 2.15. The van der Waals surface area contributed by atoms with Gasteiger partial charge in [-0.15, -0.1) is 0 Å². The fraction of sp³-hybridized carbons (Fsp3) is 0.578. The minimum absolute atomic E-state index is 0.0494. The maximum absolute atomic E-state index is 13.1. The molecule has 6 amide bonds. The Morgan fingerprint density at radius 1 is 0.508 bits per heavy atom. The van der Waals surface area contributed by atoms with Gasteiger partial charge in [0, 0.05) is 25.7 Å². The molecule has 0 saturated carbocycles. The zero-order valence-electron chi connectivity index (χ0n) is 35.1. The van der Waals surface area contributed by atoms with Gasteiger partial charge in [0.25, 0.3) is 0 Å². The number of carboxylic acid groups (broad SMARTS) is 1. The lowest BCUT2D eigenvalue weighted by Gasteiger charge is -2.23. The van der Waals surface area contributed by atoms with Crippen LogP contribution >= 0.6 is 0 Å². The smallest absolute Gasteiger partial charge is 0.326 e. The van der Waals surface area contributed by atoms with Crippen LogP contribution < -0.4 is 32.7 Å². The van der Waals surface area contributed by atoms with Gasteiger partial charge in [0.05, 0.1) is 6.42 Å². The zero-order valence-corrected chi connectivity index (χ0v) is 35.1. The number of carboxylic acids is 1. The molecule has 326 valence electrons. The van der Waals surface area contributed by atoms with Gasteiger partial charge in [-0.1, -0.05) is 145 Å². The highest BCUT2D eigenvalue weighted by atomic mass is 16.4. The third kappa shape index (κ3) is 23.0. The average molecular weight is 821 g/mol. The van der Waals surface area contributed by atoms with Crippen LogP contribution in [0.4, 0.5) is 0 Å². The maximum atomic E-state index is 13.1. The molecule has 0 saturated heterocycles. The molecular formula is C45H68N6O8. The molecule has 0 unspecified atom stereocenters. The maximum Gasteiger partial charge on any atom is 0.326 e. The number of unbranched alkanes of at least 4 members (excludes halogenated alkanes) is 12. The van der Waals surface area contributed by atoms with E-state index in [1.165, 1.54) is 0 Å². The molecule has 2 aromatic rings. The van der Waals surface area contributed by atoms with Gasteiger partial charge in [-0.25, -0.2) is 4.79 Å². The Bertz CT molecular complexity index is 1590. The number of hydrogen-bond donors (Lipinski definition) is 7. The van der Waals surface area contributed by atoms with Crippen molar-refractivity contribution in [3.05, 3.63) is 71.8 Å². The molecule has 2 aromatic carbocycles. The number of carbonyl (C=O) groups excluding carboxylic acids is 6. The standard InChI is InChI=1S/C45H68N6O8/c1-32(2)28-36(43(56)50-35(42(47)55)29-33-22-16-14-17-23-33)48-40(53)26-20-12-10-8-6-4-3-5-7-9-11-13-21-27-41(54)49-37(31-39(46)52)44(57)51-38(45(58)59)30-34-24-18-15-19-25-34/h14-19,22-25,32,35-38H,3-13,20-21,26-31H2,1-2H3,(H2,46,52)(H2,47,55)(H,48,53)(H,49,54)(H,50,56)(H,51,57)(H,58,59)/t35-,36-,37-,38-/m0/s1. The molecule has 0 aliphatic carbocycles. The minimum Gasteiger partial charge on any atom is -0.480 e. The first-order chi connectivity index (χ1) is 28.2. The Morgan fingerprint density at radius 2 is 0.881 bits per heavy atom. The number of nitrogens with two attached hydrogens (primary N) is 2. The van der Waals surface area contributed by atoms with Crippen LogP contribution in [0.3, 0.4) is 0 Å². The predicted octanol–water partition coefficient (Wildman–Crippen LogP) is 4.75. The summed E-state index contributed by atoms with van der Waals surface area (Å²) in [5.41, 5.74) is 12.5. The summed E-state index contributed by atoms with van der Waals surface area (Å²) >= 11 is 0. The molecule has 4 atom stereocenters. The van der Waals surface area contributed by atoms with E-state index in [0.717, 1.165) is 88.2 Å². The predicted molar refractivity (Wildman–Crippen MR) is 227 cm³/mol. The van der Waals surface area contributed by atoms with Crippen LogP contribution in [0, 0.1) is 5.92 Å². The number of amides is 6. The summed E-state index contributed by atoms with van der Waals surface area (Å²) in [5, 5.41) is 20.2. The summed E-state index contributed by atoms with van der Waals surface area (Å²) < 4.78 is 0. The molecule has 0 radical (unpaired) electrons. The van der Waals surface area contributed by atoms with Crippen molar-refractivity contribution in [3.8, 4) is 0 Å². The largest absolute Gasteiger partial charge is 0.480 e. The van der Waals surface area contributed by atoms with E-state index >= 15 is 0 Å². The van der Waals surface area contributed by atoms with E-state index in [-0.39, 0.29) is 31.1 Å². The number of hydrogen-bond acceptors (Lipinski definition) is 7. The number of carbonyl (C=O) groups is 7. The van der Waals surface area contributed by atoms with Crippen molar-refractivity contribution in [3.63, 3.8) is 0 Å². The number of aliphatic carboxylic acids is 1. The summed E-state index contributed by atoms with van der Waals surface area (Å²) in [7, 11) is 0. The van der Waals surface area contributed by atoms with Gasteiger partial charge < -0.3 is 37.8 Å². The fourth-order valence-electron chi connectivity index (χ4n) is 6.83. The quantitative estimate of drug-likeness (QED) is 0.0507. The van der Waals surface area contributed by atoms with E-state index in [2.05, 4.69) is 21.3 Å². The Kier molecular flexibility index (Phi) is 24.5. The second-order valence-corrected chi connectivity index (χ2v) is 15.9. The lowest BCUT2D eigenvalue weighted by Crippen LogP contribution is -2.54. The van der Waals surface area contributed by atoms with E-state index in [1.807, 2.05) is 44.2 Å². The average Bonchev–Trinajstić information content (AvgIpc) is 3.18. The highest BCUT2D eigenvalue weighted by molar-refractivity contribution is 5.94. The molecule has 0 aromatic heterocycles. The zero-order chi connectivity index (χ0) is 43.4. The summed E-state index contributed by atoms with van der Waals surface area (Å²) in [4.78, 5) is 86.7. The van der Waals surface area contributed by atoms with Crippen molar-refractivity contribution < 1.29 is 38.7 Å². The number of primary amides is 2. The van der Waals surface area contributed by atoms with Crippen LogP contribution in [-0.4, -0.2) is 70.7 Å². The number of rotatable bonds is 32. The van der Waals surface area contributed by atoms with Crippen molar-refractivity contribution in [2.45, 2.75) is 160 Å². The Labute approximate surface area is 349 Å².